The van der Waals surface area contributed by atoms with Crippen molar-refractivity contribution in [2.75, 3.05) is 41.0 Å². The monoisotopic (exact) mass is 1160 g/mol. The largest absolute Gasteiger partial charge is 0.481 e. The first-order chi connectivity index (χ1) is 38.4. The molecule has 2 fully saturated rings. The lowest BCUT2D eigenvalue weighted by atomic mass is 9.69. The molecule has 450 valence electrons. The van der Waals surface area contributed by atoms with Gasteiger partial charge in [0, 0.05) is 37.5 Å². The number of aliphatic carboxylic acids is 1. The molecule has 8 rings (SSSR count). The van der Waals surface area contributed by atoms with Gasteiger partial charge in [0.2, 0.25) is 0 Å². The number of nitrogens with zero attached hydrogens (tertiary/aromatic N) is 4. The number of hydrogen-bond acceptors (Lipinski definition) is 10. The zero-order valence-electron chi connectivity index (χ0n) is 47.8. The number of alkyl halides is 6. The Morgan fingerprint density at radius 1 is 0.614 bits per heavy atom. The van der Waals surface area contributed by atoms with Gasteiger partial charge in [-0.25, -0.2) is 4.79 Å². The minimum Gasteiger partial charge on any atom is -0.481 e. The zero-order chi connectivity index (χ0) is 60.2. The smallest absolute Gasteiger partial charge is 0.416 e. The first-order valence-electron chi connectivity index (χ1n) is 27.5. The molecule has 0 saturated heterocycles. The van der Waals surface area contributed by atoms with E-state index in [0.29, 0.717) is 54.2 Å². The van der Waals surface area contributed by atoms with Crippen molar-refractivity contribution in [3.05, 3.63) is 142 Å². The van der Waals surface area contributed by atoms with Crippen LogP contribution < -0.4 is 5.32 Å². The summed E-state index contributed by atoms with van der Waals surface area (Å²) in [4.78, 5) is 75.9. The van der Waals surface area contributed by atoms with Crippen molar-refractivity contribution in [3.63, 3.8) is 0 Å². The highest BCUT2D eigenvalue weighted by molar-refractivity contribution is 6.47. The van der Waals surface area contributed by atoms with Crippen LogP contribution in [0, 0.1) is 22.7 Å². The van der Waals surface area contributed by atoms with Crippen LogP contribution in [0.2, 0.25) is 0 Å². The van der Waals surface area contributed by atoms with E-state index in [1.807, 2.05) is 0 Å². The molecule has 20 heteroatoms. The fourth-order valence-electron chi connectivity index (χ4n) is 11.6. The van der Waals surface area contributed by atoms with E-state index in [1.54, 1.807) is 58.3 Å². The lowest BCUT2D eigenvalue weighted by molar-refractivity contribution is -0.138. The highest BCUT2D eigenvalue weighted by atomic mass is 19.4. The van der Waals surface area contributed by atoms with Crippen LogP contribution in [0.25, 0.3) is 0 Å². The Balaban J connectivity index is 0.000000265. The van der Waals surface area contributed by atoms with E-state index in [9.17, 15) is 50.3 Å². The van der Waals surface area contributed by atoms with Crippen molar-refractivity contribution in [3.8, 4) is 0 Å². The number of carbonyl (C=O) groups is 5. The van der Waals surface area contributed by atoms with Crippen LogP contribution in [-0.2, 0) is 40.9 Å². The van der Waals surface area contributed by atoms with Crippen LogP contribution in [0.3, 0.4) is 0 Å². The summed E-state index contributed by atoms with van der Waals surface area (Å²) in [6.07, 6.45) is -4.70. The van der Waals surface area contributed by atoms with Gasteiger partial charge in [-0.1, -0.05) is 97.5 Å². The van der Waals surface area contributed by atoms with E-state index < -0.39 is 76.7 Å². The number of carboxylic acids is 1. The Morgan fingerprint density at radius 3 is 1.31 bits per heavy atom. The van der Waals surface area contributed by atoms with Crippen molar-refractivity contribution in [1.29, 1.82) is 0 Å². The van der Waals surface area contributed by atoms with E-state index in [-0.39, 0.29) is 66.9 Å². The summed E-state index contributed by atoms with van der Waals surface area (Å²) in [6, 6.07) is 22.9. The summed E-state index contributed by atoms with van der Waals surface area (Å²) < 4.78 is 97.2. The van der Waals surface area contributed by atoms with Gasteiger partial charge in [-0.2, -0.15) is 26.3 Å². The van der Waals surface area contributed by atoms with Gasteiger partial charge in [0.15, 0.2) is 0 Å². The first kappa shape index (κ1) is 65.2. The van der Waals surface area contributed by atoms with Gasteiger partial charge < -0.3 is 34.4 Å². The number of amides is 3. The van der Waals surface area contributed by atoms with Gasteiger partial charge in [-0.3, -0.25) is 29.2 Å². The summed E-state index contributed by atoms with van der Waals surface area (Å²) in [5.74, 6) is -1.88. The molecule has 0 aromatic heterocycles. The molecule has 14 nitrogen and oxygen atoms in total. The molecule has 2 aliphatic heterocycles. The number of methoxy groups -OCH3 is 3. The minimum absolute atomic E-state index is 0. The second kappa shape index (κ2) is 25.9. The number of rotatable bonds is 15. The number of benzene rings is 4. The van der Waals surface area contributed by atoms with Gasteiger partial charge in [-0.05, 0) is 134 Å². The topological polar surface area (TPSA) is 176 Å². The number of aliphatic imine (C=N–C) groups is 2. The molecule has 2 heterocycles. The number of halogens is 6. The molecule has 4 aromatic rings. The van der Waals surface area contributed by atoms with Crippen LogP contribution in [0.5, 0.6) is 0 Å². The van der Waals surface area contributed by atoms with Gasteiger partial charge >= 0.3 is 24.3 Å². The molecular weight excluding hydrogens is 1080 g/mol. The molecule has 3 amide bonds. The summed E-state index contributed by atoms with van der Waals surface area (Å²) in [5.41, 5.74) is -0.715. The lowest BCUT2D eigenvalue weighted by Crippen LogP contribution is -2.51. The van der Waals surface area contributed by atoms with Crippen molar-refractivity contribution in [1.82, 2.24) is 15.1 Å². The maximum absolute atomic E-state index is 14.0. The minimum atomic E-state index is -4.55. The molecule has 2 atom stereocenters. The Bertz CT molecular complexity index is 3020. The molecular formula is C63H77F6N5O9. The van der Waals surface area contributed by atoms with E-state index >= 15 is 0 Å². The van der Waals surface area contributed by atoms with Crippen molar-refractivity contribution in [2.24, 2.45) is 32.7 Å². The fraction of sp³-hybridized carbons (Fsp3) is 0.508. The lowest BCUT2D eigenvalue weighted by Gasteiger charge is -2.45. The number of carbonyl (C=O) groups excluding carboxylic acids is 4. The third-order valence-electron chi connectivity index (χ3n) is 16.6. The maximum Gasteiger partial charge on any atom is 0.416 e. The Kier molecular flexibility index (Phi) is 20.4. The normalized spacial score (nSPS) is 21.8. The second-order valence-corrected chi connectivity index (χ2v) is 23.7. The molecule has 2 unspecified atom stereocenters. The average molecular weight is 1160 g/mol. The third-order valence-corrected chi connectivity index (χ3v) is 16.6. The van der Waals surface area contributed by atoms with Crippen molar-refractivity contribution in [2.45, 2.75) is 143 Å². The predicted octanol–water partition coefficient (Wildman–Crippen LogP) is 12.9. The van der Waals surface area contributed by atoms with Crippen LogP contribution in [0.4, 0.5) is 26.3 Å². The summed E-state index contributed by atoms with van der Waals surface area (Å²) in [6.45, 7) is 13.4. The molecule has 2 aliphatic carbocycles. The molecule has 0 radical (unpaired) electrons. The zero-order valence-corrected chi connectivity index (χ0v) is 47.8. The molecule has 83 heavy (non-hydrogen) atoms. The second-order valence-electron chi connectivity index (χ2n) is 23.7. The van der Waals surface area contributed by atoms with Crippen LogP contribution in [0.15, 0.2) is 107 Å². The summed E-state index contributed by atoms with van der Waals surface area (Å²) in [5, 5.41) is 11.3. The predicted molar refractivity (Wildman–Crippen MR) is 303 cm³/mol. The van der Waals surface area contributed by atoms with Crippen LogP contribution in [-0.4, -0.2) is 108 Å². The molecule has 2 N–H and O–H groups in total. The number of carboxylic acid groups (broad SMARTS) is 1. The molecule has 0 bridgehead atoms. The van der Waals surface area contributed by atoms with Crippen molar-refractivity contribution < 1.29 is 69.6 Å². The Labute approximate surface area is 482 Å². The van der Waals surface area contributed by atoms with E-state index in [1.165, 1.54) is 45.6 Å². The van der Waals surface area contributed by atoms with Gasteiger partial charge in [0.1, 0.15) is 22.7 Å². The van der Waals surface area contributed by atoms with Crippen LogP contribution in [0.1, 0.15) is 173 Å². The summed E-state index contributed by atoms with van der Waals surface area (Å²) in [7, 11) is 4.36. The number of hydrogen-bond donors (Lipinski definition) is 2. The standard InChI is InChI=1S/C32H38F3N3O5.C30H35F3N2O4.CH4/c1-30(2,3)23-12-15-31(16-13-23)37-27(22-6-5-7-24(18-22)32(33,34)35)29(42)38(31)19-25(43-4)20-8-10-21(11-9-20)28(41)36-17-14-26(39)40;1-28(2,3)22-13-15-29(16-14-22)34-25(21-7-6-8-23(17-21)30(31,32)33)26(36)35(29)18-24(38-4)19-9-11-20(12-10-19)27(37)39-5;/h5-11,18,23,25H,12-17,19H2,1-4H3,(H,36,41)(H,39,40);6-12,17,22,24H,13-16,18H2,1-5H3;1H4. The van der Waals surface area contributed by atoms with E-state index in [2.05, 4.69) is 46.9 Å². The maximum atomic E-state index is 14.0. The summed E-state index contributed by atoms with van der Waals surface area (Å²) >= 11 is 0. The van der Waals surface area contributed by atoms with Gasteiger partial charge in [0.05, 0.1) is 55.5 Å². The number of nitrogens with one attached hydrogen (secondary N) is 1. The Morgan fingerprint density at radius 2 is 0.988 bits per heavy atom. The SMILES string of the molecule is C.COC(=O)c1ccc(C(CN2C(=O)C(c3cccc(C(F)(F)F)c3)=NC23CCC(C(C)(C)C)CC3)OC)cc1.COC(CN1C(=O)C(c2cccc(C(F)(F)F)c2)=NC12CCC(C(C)(C)C)CC2)c1ccc(C(=O)NCCC(=O)O)cc1. The highest BCUT2D eigenvalue weighted by Gasteiger charge is 2.53. The molecule has 2 spiro atoms. The van der Waals surface area contributed by atoms with E-state index in [4.69, 9.17) is 29.3 Å². The molecule has 4 aromatic carbocycles. The third kappa shape index (κ3) is 15.1. The number of esters is 1. The molecule has 4 aliphatic rings. The molecule has 2 saturated carbocycles. The van der Waals surface area contributed by atoms with E-state index in [0.717, 1.165) is 55.5 Å². The van der Waals surface area contributed by atoms with Gasteiger partial charge in [0.25, 0.3) is 17.7 Å². The van der Waals surface area contributed by atoms with Crippen molar-refractivity contribution >= 4 is 41.1 Å². The average Bonchev–Trinajstić information content (AvgIpc) is 3.50. The van der Waals surface area contributed by atoms with Gasteiger partial charge in [-0.15, -0.1) is 0 Å². The Hall–Kier alpha value is -6.93. The first-order valence-corrected chi connectivity index (χ1v) is 27.5. The fourth-order valence-corrected chi connectivity index (χ4v) is 11.6. The number of ether oxygens (including phenoxy) is 3. The van der Waals surface area contributed by atoms with Crippen LogP contribution >= 0.6 is 0 Å². The highest BCUT2D eigenvalue weighted by Crippen LogP contribution is 2.49. The quantitative estimate of drug-likeness (QED) is 0.0866.